The molecule has 0 saturated heterocycles. The summed E-state index contributed by atoms with van der Waals surface area (Å²) in [4.78, 5) is 23.0. The lowest BCUT2D eigenvalue weighted by Gasteiger charge is -2.23. The highest BCUT2D eigenvalue weighted by Crippen LogP contribution is 2.27. The number of amides is 1. The second-order valence-corrected chi connectivity index (χ2v) is 6.12. The predicted octanol–water partition coefficient (Wildman–Crippen LogP) is 1.92. The SMILES string of the molecule is CC(C)(C)c1nnsc1C(=O)N(CC(=O)O)CC(F)(F)F. The van der Waals surface area contributed by atoms with E-state index in [2.05, 4.69) is 9.59 Å². The molecule has 0 unspecified atom stereocenters. The van der Waals surface area contributed by atoms with Crippen LogP contribution in [0, 0.1) is 0 Å². The fourth-order valence-corrected chi connectivity index (χ4v) is 2.39. The van der Waals surface area contributed by atoms with Crippen molar-refractivity contribution in [1.29, 1.82) is 0 Å². The third-order valence-electron chi connectivity index (χ3n) is 2.38. The zero-order chi connectivity index (χ0) is 16.4. The van der Waals surface area contributed by atoms with Crippen LogP contribution in [0.5, 0.6) is 0 Å². The zero-order valence-electron chi connectivity index (χ0n) is 11.6. The number of aliphatic carboxylic acids is 1. The molecule has 21 heavy (non-hydrogen) atoms. The Morgan fingerprint density at radius 3 is 2.29 bits per heavy atom. The van der Waals surface area contributed by atoms with Gasteiger partial charge in [-0.05, 0) is 11.5 Å². The molecule has 1 amide bonds. The molecule has 1 aromatic heterocycles. The molecular weight excluding hydrogens is 311 g/mol. The smallest absolute Gasteiger partial charge is 0.406 e. The van der Waals surface area contributed by atoms with E-state index in [1.807, 2.05) is 0 Å². The first-order chi connectivity index (χ1) is 9.42. The second-order valence-electron chi connectivity index (χ2n) is 5.37. The Morgan fingerprint density at radius 2 is 1.86 bits per heavy atom. The van der Waals surface area contributed by atoms with Gasteiger partial charge in [0.05, 0.1) is 5.69 Å². The molecule has 118 valence electrons. The van der Waals surface area contributed by atoms with Crippen molar-refractivity contribution in [2.75, 3.05) is 13.1 Å². The number of hydrogen-bond donors (Lipinski definition) is 1. The quantitative estimate of drug-likeness (QED) is 0.914. The molecule has 6 nitrogen and oxygen atoms in total. The number of carboxylic acids is 1. The van der Waals surface area contributed by atoms with Gasteiger partial charge in [-0.15, -0.1) is 5.10 Å². The van der Waals surface area contributed by atoms with Gasteiger partial charge in [0, 0.05) is 5.41 Å². The maximum absolute atomic E-state index is 12.5. The van der Waals surface area contributed by atoms with Gasteiger partial charge in [-0.25, -0.2) is 0 Å². The number of nitrogens with zero attached hydrogens (tertiary/aromatic N) is 3. The Kier molecular flexibility index (Phi) is 4.92. The van der Waals surface area contributed by atoms with Crippen molar-refractivity contribution in [2.24, 2.45) is 0 Å². The number of halogens is 3. The van der Waals surface area contributed by atoms with E-state index in [1.54, 1.807) is 20.8 Å². The van der Waals surface area contributed by atoms with Gasteiger partial charge in [-0.1, -0.05) is 25.3 Å². The highest BCUT2D eigenvalue weighted by Gasteiger charge is 2.37. The van der Waals surface area contributed by atoms with E-state index >= 15 is 0 Å². The van der Waals surface area contributed by atoms with Crippen LogP contribution in [0.15, 0.2) is 0 Å². The van der Waals surface area contributed by atoms with E-state index in [1.165, 1.54) is 0 Å². The minimum atomic E-state index is -4.69. The molecule has 0 saturated carbocycles. The van der Waals surface area contributed by atoms with Crippen LogP contribution in [0.4, 0.5) is 13.2 Å². The summed E-state index contributed by atoms with van der Waals surface area (Å²) in [5, 5.41) is 12.4. The van der Waals surface area contributed by atoms with Crippen LogP contribution >= 0.6 is 11.5 Å². The molecule has 0 bridgehead atoms. The third kappa shape index (κ3) is 4.96. The summed E-state index contributed by atoms with van der Waals surface area (Å²) in [7, 11) is 0. The molecule has 0 aliphatic rings. The Balaban J connectivity index is 3.12. The van der Waals surface area contributed by atoms with E-state index in [4.69, 9.17) is 5.11 Å². The molecule has 1 N–H and O–H groups in total. The molecular formula is C11H14F3N3O3S. The molecule has 0 atom stereocenters. The average molecular weight is 325 g/mol. The van der Waals surface area contributed by atoms with Gasteiger partial charge in [0.1, 0.15) is 18.0 Å². The molecule has 0 radical (unpaired) electrons. The van der Waals surface area contributed by atoms with Gasteiger partial charge < -0.3 is 10.0 Å². The summed E-state index contributed by atoms with van der Waals surface area (Å²) in [6.07, 6.45) is -4.69. The Labute approximate surface area is 122 Å². The van der Waals surface area contributed by atoms with Gasteiger partial charge in [0.25, 0.3) is 5.91 Å². The summed E-state index contributed by atoms with van der Waals surface area (Å²) in [5.41, 5.74) is -0.347. The number of rotatable bonds is 4. The molecule has 0 spiro atoms. The molecule has 1 heterocycles. The van der Waals surface area contributed by atoms with Crippen LogP contribution in [0.25, 0.3) is 0 Å². The predicted molar refractivity (Wildman–Crippen MR) is 68.2 cm³/mol. The minimum absolute atomic E-state index is 0.0759. The average Bonchev–Trinajstić information content (AvgIpc) is 2.72. The van der Waals surface area contributed by atoms with Crippen molar-refractivity contribution in [3.8, 4) is 0 Å². The van der Waals surface area contributed by atoms with Crippen molar-refractivity contribution in [1.82, 2.24) is 14.5 Å². The highest BCUT2D eigenvalue weighted by atomic mass is 32.1. The van der Waals surface area contributed by atoms with Crippen molar-refractivity contribution in [2.45, 2.75) is 32.4 Å². The fraction of sp³-hybridized carbons (Fsp3) is 0.636. The normalized spacial score (nSPS) is 12.3. The van der Waals surface area contributed by atoms with Crippen LogP contribution in [0.3, 0.4) is 0 Å². The van der Waals surface area contributed by atoms with Gasteiger partial charge >= 0.3 is 12.1 Å². The number of hydrogen-bond acceptors (Lipinski definition) is 5. The van der Waals surface area contributed by atoms with E-state index in [9.17, 15) is 22.8 Å². The van der Waals surface area contributed by atoms with Crippen molar-refractivity contribution in [3.05, 3.63) is 10.6 Å². The van der Waals surface area contributed by atoms with Crippen LogP contribution < -0.4 is 0 Å². The first kappa shape index (κ1) is 17.3. The molecule has 0 aliphatic carbocycles. The lowest BCUT2D eigenvalue weighted by Crippen LogP contribution is -2.42. The first-order valence-corrected chi connectivity index (χ1v) is 6.60. The topological polar surface area (TPSA) is 83.4 Å². The van der Waals surface area contributed by atoms with Crippen molar-refractivity contribution < 1.29 is 27.9 Å². The molecule has 10 heteroatoms. The van der Waals surface area contributed by atoms with Crippen LogP contribution in [-0.4, -0.2) is 50.7 Å². The van der Waals surface area contributed by atoms with Crippen LogP contribution in [0.1, 0.15) is 36.1 Å². The lowest BCUT2D eigenvalue weighted by atomic mass is 9.91. The summed E-state index contributed by atoms with van der Waals surface area (Å²) >= 11 is 0.653. The standard InChI is InChI=1S/C11H14F3N3O3S/c1-10(2,3)8-7(21-16-15-8)9(20)17(4-6(18)19)5-11(12,13)14/h4-5H2,1-3H3,(H,18,19). The molecule has 1 aromatic rings. The van der Waals surface area contributed by atoms with E-state index < -0.39 is 36.6 Å². The molecule has 0 fully saturated rings. The molecule has 0 aromatic carbocycles. The van der Waals surface area contributed by atoms with E-state index in [0.29, 0.717) is 11.5 Å². The van der Waals surface area contributed by atoms with Gasteiger partial charge in [0.2, 0.25) is 0 Å². The highest BCUT2D eigenvalue weighted by molar-refractivity contribution is 7.08. The van der Waals surface area contributed by atoms with Gasteiger partial charge in [0.15, 0.2) is 0 Å². The van der Waals surface area contributed by atoms with Gasteiger partial charge in [-0.3, -0.25) is 9.59 Å². The summed E-state index contributed by atoms with van der Waals surface area (Å²) in [5.74, 6) is -2.56. The number of alkyl halides is 3. The van der Waals surface area contributed by atoms with Crippen LogP contribution in [0.2, 0.25) is 0 Å². The van der Waals surface area contributed by atoms with E-state index in [-0.39, 0.29) is 15.5 Å². The zero-order valence-corrected chi connectivity index (χ0v) is 12.4. The number of carboxylic acid groups (broad SMARTS) is 1. The molecule has 0 aliphatic heterocycles. The maximum Gasteiger partial charge on any atom is 0.406 e. The minimum Gasteiger partial charge on any atom is -0.480 e. The number of carbonyl (C=O) groups excluding carboxylic acids is 1. The van der Waals surface area contributed by atoms with E-state index in [0.717, 1.165) is 0 Å². The largest absolute Gasteiger partial charge is 0.480 e. The lowest BCUT2D eigenvalue weighted by molar-refractivity contribution is -0.149. The summed E-state index contributed by atoms with van der Waals surface area (Å²) in [6, 6.07) is 0. The summed E-state index contributed by atoms with van der Waals surface area (Å²) in [6.45, 7) is 2.50. The number of carbonyl (C=O) groups is 2. The summed E-state index contributed by atoms with van der Waals surface area (Å²) < 4.78 is 41.0. The molecule has 1 rings (SSSR count). The third-order valence-corrected chi connectivity index (χ3v) is 3.09. The fourth-order valence-electron chi connectivity index (χ4n) is 1.54. The van der Waals surface area contributed by atoms with Crippen LogP contribution in [-0.2, 0) is 10.2 Å². The van der Waals surface area contributed by atoms with Crippen molar-refractivity contribution >= 4 is 23.4 Å². The monoisotopic (exact) mass is 325 g/mol. The van der Waals surface area contributed by atoms with Crippen molar-refractivity contribution in [3.63, 3.8) is 0 Å². The Morgan fingerprint density at radius 1 is 1.29 bits per heavy atom. The Bertz CT molecular complexity index is 537. The second kappa shape index (κ2) is 5.96. The first-order valence-electron chi connectivity index (χ1n) is 5.82. The van der Waals surface area contributed by atoms with Gasteiger partial charge in [-0.2, -0.15) is 13.2 Å². The number of aromatic nitrogens is 2. The Hall–Kier alpha value is -1.71. The maximum atomic E-state index is 12.5.